The second-order valence-electron chi connectivity index (χ2n) is 5.58. The molecule has 0 unspecified atom stereocenters. The Morgan fingerprint density at radius 2 is 1.81 bits per heavy atom. The van der Waals surface area contributed by atoms with Crippen molar-refractivity contribution in [1.82, 2.24) is 9.97 Å². The number of aryl methyl sites for hydroxylation is 1. The topological polar surface area (TPSA) is 90.7 Å². The fourth-order valence-corrected chi connectivity index (χ4v) is 2.30. The molecule has 0 atom stereocenters. The van der Waals surface area contributed by atoms with Crippen LogP contribution in [0.3, 0.4) is 0 Å². The SMILES string of the molecule is Cc1nc(Nc2ccc(C#N)cc2)cc(C(=O)Nc2ccc(F)cc2F)n1. The number of carbonyl (C=O) groups excluding carboxylic acids is 1. The highest BCUT2D eigenvalue weighted by atomic mass is 19.1. The second-order valence-corrected chi connectivity index (χ2v) is 5.58. The minimum atomic E-state index is -0.884. The maximum absolute atomic E-state index is 13.7. The standard InChI is InChI=1S/C19H13F2N5O/c1-11-23-17(19(27)26-16-7-4-13(20)8-15(16)21)9-18(24-11)25-14-5-2-12(10-22)3-6-14/h2-9H,1H3,(H,26,27)(H,23,24,25). The highest BCUT2D eigenvalue weighted by molar-refractivity contribution is 6.03. The molecule has 8 heteroatoms. The number of benzene rings is 2. The molecule has 0 bridgehead atoms. The van der Waals surface area contributed by atoms with E-state index >= 15 is 0 Å². The fraction of sp³-hybridized carbons (Fsp3) is 0.0526. The van der Waals surface area contributed by atoms with Crippen molar-refractivity contribution in [2.45, 2.75) is 6.92 Å². The number of hydrogen-bond donors (Lipinski definition) is 2. The molecule has 6 nitrogen and oxygen atoms in total. The monoisotopic (exact) mass is 365 g/mol. The van der Waals surface area contributed by atoms with E-state index in [1.54, 1.807) is 31.2 Å². The number of halogens is 2. The van der Waals surface area contributed by atoms with Crippen molar-refractivity contribution >= 4 is 23.1 Å². The molecule has 0 saturated carbocycles. The number of hydrogen-bond acceptors (Lipinski definition) is 5. The molecular formula is C19H13F2N5O. The Morgan fingerprint density at radius 3 is 2.48 bits per heavy atom. The highest BCUT2D eigenvalue weighted by Crippen LogP contribution is 2.19. The Balaban J connectivity index is 1.81. The Kier molecular flexibility index (Phi) is 5.04. The van der Waals surface area contributed by atoms with Gasteiger partial charge in [-0.3, -0.25) is 4.79 Å². The molecule has 0 aliphatic heterocycles. The van der Waals surface area contributed by atoms with Gasteiger partial charge in [0.1, 0.15) is 29.0 Å². The maximum atomic E-state index is 13.7. The van der Waals surface area contributed by atoms with Gasteiger partial charge >= 0.3 is 0 Å². The van der Waals surface area contributed by atoms with Crippen molar-refractivity contribution in [2.75, 3.05) is 10.6 Å². The van der Waals surface area contributed by atoms with Crippen LogP contribution in [0.4, 0.5) is 26.0 Å². The molecule has 0 spiro atoms. The van der Waals surface area contributed by atoms with Gasteiger partial charge in [0, 0.05) is 17.8 Å². The normalized spacial score (nSPS) is 10.1. The van der Waals surface area contributed by atoms with Gasteiger partial charge in [0.2, 0.25) is 0 Å². The highest BCUT2D eigenvalue weighted by Gasteiger charge is 2.13. The number of nitriles is 1. The minimum absolute atomic E-state index is 0.0161. The summed E-state index contributed by atoms with van der Waals surface area (Å²) in [5.74, 6) is -1.59. The quantitative estimate of drug-likeness (QED) is 0.731. The summed E-state index contributed by atoms with van der Waals surface area (Å²) in [5.41, 5.74) is 1.05. The van der Waals surface area contributed by atoms with Gasteiger partial charge in [-0.05, 0) is 43.3 Å². The summed E-state index contributed by atoms with van der Waals surface area (Å²) in [6, 6.07) is 13.0. The third kappa shape index (κ3) is 4.41. The first-order valence-corrected chi connectivity index (χ1v) is 7.84. The molecule has 2 N–H and O–H groups in total. The molecule has 0 aliphatic rings. The molecular weight excluding hydrogens is 352 g/mol. The molecule has 1 amide bonds. The molecule has 3 rings (SSSR count). The number of anilines is 3. The summed E-state index contributed by atoms with van der Waals surface area (Å²) in [4.78, 5) is 20.6. The number of carbonyl (C=O) groups is 1. The summed E-state index contributed by atoms with van der Waals surface area (Å²) in [6.07, 6.45) is 0. The number of nitrogens with zero attached hydrogens (tertiary/aromatic N) is 3. The van der Waals surface area contributed by atoms with E-state index in [1.807, 2.05) is 6.07 Å². The van der Waals surface area contributed by atoms with Gasteiger partial charge < -0.3 is 10.6 Å². The van der Waals surface area contributed by atoms with Crippen LogP contribution in [0.15, 0.2) is 48.5 Å². The first kappa shape index (κ1) is 17.9. The lowest BCUT2D eigenvalue weighted by Gasteiger charge is -2.10. The van der Waals surface area contributed by atoms with Gasteiger partial charge in [0.25, 0.3) is 5.91 Å². The zero-order valence-electron chi connectivity index (χ0n) is 14.1. The minimum Gasteiger partial charge on any atom is -0.340 e. The lowest BCUT2D eigenvalue weighted by atomic mass is 10.2. The lowest BCUT2D eigenvalue weighted by molar-refractivity contribution is 0.102. The Labute approximate surface area is 153 Å². The molecule has 0 aliphatic carbocycles. The lowest BCUT2D eigenvalue weighted by Crippen LogP contribution is -2.16. The third-order valence-corrected chi connectivity index (χ3v) is 3.54. The second kappa shape index (κ2) is 7.58. The molecule has 2 aromatic carbocycles. The fourth-order valence-electron chi connectivity index (χ4n) is 2.30. The van der Waals surface area contributed by atoms with E-state index in [-0.39, 0.29) is 11.4 Å². The van der Waals surface area contributed by atoms with E-state index < -0.39 is 17.5 Å². The largest absolute Gasteiger partial charge is 0.340 e. The van der Waals surface area contributed by atoms with Crippen molar-refractivity contribution in [3.05, 3.63) is 77.2 Å². The number of rotatable bonds is 4. The predicted octanol–water partition coefficient (Wildman–Crippen LogP) is 3.93. The van der Waals surface area contributed by atoms with Crippen LogP contribution in [0.2, 0.25) is 0 Å². The van der Waals surface area contributed by atoms with Gasteiger partial charge in [-0.15, -0.1) is 0 Å². The van der Waals surface area contributed by atoms with Crippen LogP contribution < -0.4 is 10.6 Å². The Morgan fingerprint density at radius 1 is 1.07 bits per heavy atom. The molecule has 27 heavy (non-hydrogen) atoms. The average Bonchev–Trinajstić information content (AvgIpc) is 2.64. The smallest absolute Gasteiger partial charge is 0.274 e. The summed E-state index contributed by atoms with van der Waals surface area (Å²) in [5, 5.41) is 14.2. The predicted molar refractivity (Wildman–Crippen MR) is 95.5 cm³/mol. The van der Waals surface area contributed by atoms with Crippen LogP contribution in [0.1, 0.15) is 21.9 Å². The number of nitrogens with one attached hydrogen (secondary N) is 2. The van der Waals surface area contributed by atoms with Gasteiger partial charge in [-0.25, -0.2) is 18.7 Å². The Hall–Kier alpha value is -3.86. The van der Waals surface area contributed by atoms with Crippen LogP contribution in [0.5, 0.6) is 0 Å². The van der Waals surface area contributed by atoms with E-state index in [9.17, 15) is 13.6 Å². The van der Waals surface area contributed by atoms with Crippen LogP contribution in [-0.2, 0) is 0 Å². The van der Waals surface area contributed by atoms with Gasteiger partial charge in [0.15, 0.2) is 0 Å². The Bertz CT molecular complexity index is 1040. The van der Waals surface area contributed by atoms with Crippen LogP contribution >= 0.6 is 0 Å². The first-order valence-electron chi connectivity index (χ1n) is 7.84. The molecule has 1 heterocycles. The maximum Gasteiger partial charge on any atom is 0.274 e. The number of aromatic nitrogens is 2. The van der Waals surface area contributed by atoms with E-state index in [1.165, 1.54) is 6.07 Å². The summed E-state index contributed by atoms with van der Waals surface area (Å²) in [7, 11) is 0. The molecule has 0 radical (unpaired) electrons. The van der Waals surface area contributed by atoms with Gasteiger partial charge in [-0.2, -0.15) is 5.26 Å². The summed E-state index contributed by atoms with van der Waals surface area (Å²) < 4.78 is 26.7. The first-order chi connectivity index (χ1) is 12.9. The van der Waals surface area contributed by atoms with Crippen molar-refractivity contribution in [2.24, 2.45) is 0 Å². The van der Waals surface area contributed by atoms with Crippen molar-refractivity contribution < 1.29 is 13.6 Å². The zero-order valence-corrected chi connectivity index (χ0v) is 14.1. The van der Waals surface area contributed by atoms with Crippen LogP contribution in [0.25, 0.3) is 0 Å². The number of amides is 1. The van der Waals surface area contributed by atoms with Gasteiger partial charge in [-0.1, -0.05) is 0 Å². The van der Waals surface area contributed by atoms with Crippen molar-refractivity contribution in [1.29, 1.82) is 5.26 Å². The third-order valence-electron chi connectivity index (χ3n) is 3.54. The van der Waals surface area contributed by atoms with E-state index in [0.29, 0.717) is 29.0 Å². The van der Waals surface area contributed by atoms with E-state index in [0.717, 1.165) is 12.1 Å². The van der Waals surface area contributed by atoms with Crippen LogP contribution in [0, 0.1) is 29.9 Å². The van der Waals surface area contributed by atoms with Crippen molar-refractivity contribution in [3.63, 3.8) is 0 Å². The molecule has 0 saturated heterocycles. The van der Waals surface area contributed by atoms with Crippen molar-refractivity contribution in [3.8, 4) is 6.07 Å². The summed E-state index contributed by atoms with van der Waals surface area (Å²) in [6.45, 7) is 1.61. The average molecular weight is 365 g/mol. The zero-order chi connectivity index (χ0) is 19.4. The van der Waals surface area contributed by atoms with E-state index in [2.05, 4.69) is 20.6 Å². The van der Waals surface area contributed by atoms with E-state index in [4.69, 9.17) is 5.26 Å². The molecule has 134 valence electrons. The molecule has 3 aromatic rings. The molecule has 0 fully saturated rings. The molecule has 1 aromatic heterocycles. The summed E-state index contributed by atoms with van der Waals surface area (Å²) >= 11 is 0. The van der Waals surface area contributed by atoms with Gasteiger partial charge in [0.05, 0.1) is 17.3 Å². The van der Waals surface area contributed by atoms with Crippen LogP contribution in [-0.4, -0.2) is 15.9 Å².